The fourth-order valence-corrected chi connectivity index (χ4v) is 4.17. The van der Waals surface area contributed by atoms with Crippen molar-refractivity contribution in [2.45, 2.75) is 39.0 Å². The van der Waals surface area contributed by atoms with Crippen LogP contribution < -0.4 is 4.74 Å². The summed E-state index contributed by atoms with van der Waals surface area (Å²) in [5.74, 6) is 3.61. The van der Waals surface area contributed by atoms with Gasteiger partial charge in [-0.3, -0.25) is 0 Å². The average molecular weight is 480 g/mol. The van der Waals surface area contributed by atoms with Gasteiger partial charge >= 0.3 is 0 Å². The first kappa shape index (κ1) is 23.5. The highest BCUT2D eigenvalue weighted by atomic mass is 16.5. The van der Waals surface area contributed by atoms with Crippen LogP contribution in [0.4, 0.5) is 0 Å². The maximum absolute atomic E-state index is 6.00. The maximum atomic E-state index is 6.00. The minimum Gasteiger partial charge on any atom is -0.493 e. The van der Waals surface area contributed by atoms with Crippen molar-refractivity contribution in [3.63, 3.8) is 0 Å². The summed E-state index contributed by atoms with van der Waals surface area (Å²) in [4.78, 5) is 4.66. The molecule has 6 nitrogen and oxygen atoms in total. The first-order valence-corrected chi connectivity index (χ1v) is 12.3. The van der Waals surface area contributed by atoms with Crippen LogP contribution in [0.25, 0.3) is 11.5 Å². The fourth-order valence-electron chi connectivity index (χ4n) is 4.17. The second-order valence-electron chi connectivity index (χ2n) is 8.69. The van der Waals surface area contributed by atoms with E-state index in [1.54, 1.807) is 0 Å². The third kappa shape index (κ3) is 5.54. The minimum atomic E-state index is -0.000260. The van der Waals surface area contributed by atoms with Crippen molar-refractivity contribution < 1.29 is 13.6 Å². The van der Waals surface area contributed by atoms with Gasteiger partial charge in [-0.25, -0.2) is 4.98 Å². The molecule has 36 heavy (non-hydrogen) atoms. The molecule has 0 aliphatic carbocycles. The van der Waals surface area contributed by atoms with Gasteiger partial charge in [0.25, 0.3) is 0 Å². The first-order chi connectivity index (χ1) is 17.7. The fraction of sp³-hybridized carbons (Fsp3) is 0.233. The lowest BCUT2D eigenvalue weighted by Gasteiger charge is -2.14. The van der Waals surface area contributed by atoms with Crippen LogP contribution in [-0.2, 0) is 19.3 Å². The molecule has 0 N–H and O–H groups in total. The Hall–Kier alpha value is -4.19. The van der Waals surface area contributed by atoms with Gasteiger partial charge in [0.1, 0.15) is 11.5 Å². The Morgan fingerprint density at radius 1 is 0.833 bits per heavy atom. The molecule has 6 heteroatoms. The molecule has 0 bridgehead atoms. The zero-order valence-corrected chi connectivity index (χ0v) is 20.6. The Morgan fingerprint density at radius 3 is 2.25 bits per heavy atom. The Kier molecular flexibility index (Phi) is 7.22. The monoisotopic (exact) mass is 479 g/mol. The highest BCUT2D eigenvalue weighted by Crippen LogP contribution is 2.29. The van der Waals surface area contributed by atoms with E-state index < -0.39 is 0 Å². The lowest BCUT2D eigenvalue weighted by Crippen LogP contribution is -2.06. The summed E-state index contributed by atoms with van der Waals surface area (Å²) < 4.78 is 17.8. The molecular weight excluding hydrogens is 450 g/mol. The predicted octanol–water partition coefficient (Wildman–Crippen LogP) is 6.59. The summed E-state index contributed by atoms with van der Waals surface area (Å²) in [6.07, 6.45) is 2.16. The molecule has 2 aromatic heterocycles. The first-order valence-electron chi connectivity index (χ1n) is 12.3. The Bertz CT molecular complexity index is 1380. The number of oxazole rings is 1. The predicted molar refractivity (Wildman–Crippen MR) is 138 cm³/mol. The smallest absolute Gasteiger partial charge is 0.226 e. The molecule has 2 heterocycles. The molecule has 0 saturated carbocycles. The molecular formula is C30H29N3O3. The maximum Gasteiger partial charge on any atom is 0.226 e. The number of hydrogen-bond donors (Lipinski definition) is 0. The van der Waals surface area contributed by atoms with Crippen LogP contribution in [0.15, 0.2) is 93.8 Å². The van der Waals surface area contributed by atoms with Gasteiger partial charge in [-0.1, -0.05) is 67.6 Å². The number of hydrogen-bond acceptors (Lipinski definition) is 6. The van der Waals surface area contributed by atoms with Gasteiger partial charge in [-0.15, -0.1) is 10.2 Å². The second kappa shape index (κ2) is 11.0. The molecule has 0 aliphatic rings. The summed E-state index contributed by atoms with van der Waals surface area (Å²) in [6.45, 7) is 4.48. The van der Waals surface area contributed by atoms with Crippen molar-refractivity contribution in [1.29, 1.82) is 0 Å². The molecule has 0 aliphatic heterocycles. The molecule has 0 fully saturated rings. The lowest BCUT2D eigenvalue weighted by molar-refractivity contribution is 0.320. The molecule has 0 amide bonds. The van der Waals surface area contributed by atoms with Crippen LogP contribution >= 0.6 is 0 Å². The highest BCUT2D eigenvalue weighted by molar-refractivity contribution is 5.53. The topological polar surface area (TPSA) is 74.2 Å². The number of nitrogens with zero attached hydrogens (tertiary/aromatic N) is 3. The van der Waals surface area contributed by atoms with Crippen LogP contribution in [0.5, 0.6) is 5.75 Å². The van der Waals surface area contributed by atoms with E-state index in [0.29, 0.717) is 30.7 Å². The van der Waals surface area contributed by atoms with Crippen molar-refractivity contribution in [2.75, 3.05) is 6.61 Å². The Labute approximate surface area is 211 Å². The van der Waals surface area contributed by atoms with Crippen LogP contribution in [0, 0.1) is 6.92 Å². The van der Waals surface area contributed by atoms with E-state index in [4.69, 9.17) is 13.6 Å². The number of aryl methyl sites for hydroxylation is 2. The molecule has 1 unspecified atom stereocenters. The summed E-state index contributed by atoms with van der Waals surface area (Å²) in [6, 6.07) is 28.4. The van der Waals surface area contributed by atoms with Gasteiger partial charge in [-0.05, 0) is 48.7 Å². The molecule has 3 aromatic carbocycles. The Morgan fingerprint density at radius 2 is 1.56 bits per heavy atom. The zero-order valence-electron chi connectivity index (χ0n) is 20.6. The highest BCUT2D eigenvalue weighted by Gasteiger charge is 2.21. The zero-order chi connectivity index (χ0) is 24.7. The largest absolute Gasteiger partial charge is 0.493 e. The third-order valence-corrected chi connectivity index (χ3v) is 6.17. The van der Waals surface area contributed by atoms with Crippen molar-refractivity contribution in [2.24, 2.45) is 0 Å². The van der Waals surface area contributed by atoms with Gasteiger partial charge in [-0.2, -0.15) is 0 Å². The molecule has 0 spiro atoms. The molecule has 1 atom stereocenters. The number of benzene rings is 3. The van der Waals surface area contributed by atoms with Crippen LogP contribution in [0.3, 0.4) is 0 Å². The normalized spacial score (nSPS) is 11.9. The summed E-state index contributed by atoms with van der Waals surface area (Å²) in [5.41, 5.74) is 4.22. The third-order valence-electron chi connectivity index (χ3n) is 6.17. The van der Waals surface area contributed by atoms with E-state index in [2.05, 4.69) is 39.4 Å². The number of ether oxygens (including phenoxy) is 1. The van der Waals surface area contributed by atoms with Crippen molar-refractivity contribution >= 4 is 0 Å². The molecule has 5 rings (SSSR count). The van der Waals surface area contributed by atoms with E-state index in [1.165, 1.54) is 5.56 Å². The quantitative estimate of drug-likeness (QED) is 0.225. The van der Waals surface area contributed by atoms with Crippen molar-refractivity contribution in [3.8, 4) is 17.2 Å². The number of rotatable bonds is 10. The summed E-state index contributed by atoms with van der Waals surface area (Å²) in [5, 5.41) is 8.49. The van der Waals surface area contributed by atoms with Crippen molar-refractivity contribution in [1.82, 2.24) is 15.2 Å². The lowest BCUT2D eigenvalue weighted by atomic mass is 9.92. The van der Waals surface area contributed by atoms with Gasteiger partial charge in [0.15, 0.2) is 0 Å². The van der Waals surface area contributed by atoms with E-state index in [9.17, 15) is 0 Å². The van der Waals surface area contributed by atoms with E-state index in [0.717, 1.165) is 41.2 Å². The molecule has 0 radical (unpaired) electrons. The minimum absolute atomic E-state index is 0.000260. The van der Waals surface area contributed by atoms with Gasteiger partial charge < -0.3 is 13.6 Å². The average Bonchev–Trinajstić information content (AvgIpc) is 3.56. The Balaban J connectivity index is 1.22. The number of aromatic nitrogens is 3. The van der Waals surface area contributed by atoms with Crippen LogP contribution in [0.2, 0.25) is 0 Å². The van der Waals surface area contributed by atoms with E-state index in [1.807, 2.05) is 74.5 Å². The van der Waals surface area contributed by atoms with Crippen molar-refractivity contribution in [3.05, 3.63) is 119 Å². The van der Waals surface area contributed by atoms with Gasteiger partial charge in [0.2, 0.25) is 17.7 Å². The van der Waals surface area contributed by atoms with Crippen LogP contribution in [-0.4, -0.2) is 21.8 Å². The van der Waals surface area contributed by atoms with E-state index >= 15 is 0 Å². The van der Waals surface area contributed by atoms with E-state index in [-0.39, 0.29) is 5.92 Å². The van der Waals surface area contributed by atoms with Crippen LogP contribution in [0.1, 0.15) is 47.2 Å². The molecule has 0 saturated heterocycles. The standard InChI is InChI=1S/C30H29N3O3/c1-3-28-32-33-30(36-28)26(23-10-6-4-7-11-23)20-22-14-16-25(17-15-22)34-19-18-27-21(2)35-29(31-27)24-12-8-5-9-13-24/h4-17,26H,3,18-20H2,1-2H3. The second-order valence-corrected chi connectivity index (χ2v) is 8.69. The summed E-state index contributed by atoms with van der Waals surface area (Å²) in [7, 11) is 0. The van der Waals surface area contributed by atoms with Gasteiger partial charge in [0, 0.05) is 18.4 Å². The molecule has 182 valence electrons. The molecule has 5 aromatic rings. The summed E-state index contributed by atoms with van der Waals surface area (Å²) >= 11 is 0. The SMILES string of the molecule is CCc1nnc(C(Cc2ccc(OCCc3nc(-c4ccccc4)oc3C)cc2)c2ccccc2)o1. The van der Waals surface area contributed by atoms with Gasteiger partial charge in [0.05, 0.1) is 18.2 Å².